The number of allylic oxidation sites excluding steroid dienone is 2. The Kier molecular flexibility index (Phi) is 4.20. The van der Waals surface area contributed by atoms with Crippen molar-refractivity contribution >= 4 is 5.84 Å². The highest BCUT2D eigenvalue weighted by molar-refractivity contribution is 5.93. The molecule has 0 aromatic heterocycles. The van der Waals surface area contributed by atoms with Crippen LogP contribution in [0.5, 0.6) is 0 Å². The van der Waals surface area contributed by atoms with E-state index in [9.17, 15) is 0 Å². The molecule has 1 saturated heterocycles. The average molecular weight is 235 g/mol. The Balaban J connectivity index is 2.18. The summed E-state index contributed by atoms with van der Waals surface area (Å²) in [6.45, 7) is 6.24. The number of piperazine rings is 1. The SMILES string of the molecule is COC1=C/C(C)C/C=C/C(N2CCNCC2)=N\1. The molecule has 0 aromatic rings. The van der Waals surface area contributed by atoms with E-state index in [1.807, 2.05) is 0 Å². The standard InChI is InChI=1S/C13H21N3O/c1-11-4-3-5-12(15-13(10-11)17-2)16-8-6-14-7-9-16/h3,5,10-11,14H,4,6-9H2,1-2H3/b5-3+,13-10+,15-12+. The Labute approximate surface area is 103 Å². The van der Waals surface area contributed by atoms with Gasteiger partial charge in [-0.25, -0.2) is 0 Å². The number of hydrogen-bond acceptors (Lipinski definition) is 4. The molecule has 2 aliphatic rings. The lowest BCUT2D eigenvalue weighted by molar-refractivity contribution is 0.280. The number of nitrogens with zero attached hydrogens (tertiary/aromatic N) is 2. The molecule has 94 valence electrons. The summed E-state index contributed by atoms with van der Waals surface area (Å²) in [7, 11) is 1.68. The summed E-state index contributed by atoms with van der Waals surface area (Å²) in [6, 6.07) is 0. The van der Waals surface area contributed by atoms with E-state index in [4.69, 9.17) is 4.74 Å². The summed E-state index contributed by atoms with van der Waals surface area (Å²) < 4.78 is 5.32. The first-order chi connectivity index (χ1) is 8.29. The van der Waals surface area contributed by atoms with Gasteiger partial charge < -0.3 is 15.0 Å². The number of rotatable bonds is 1. The van der Waals surface area contributed by atoms with Crippen LogP contribution in [0, 0.1) is 5.92 Å². The van der Waals surface area contributed by atoms with Crippen LogP contribution in [0.1, 0.15) is 13.3 Å². The fourth-order valence-electron chi connectivity index (χ4n) is 2.07. The first kappa shape index (κ1) is 12.2. The molecule has 0 amide bonds. The van der Waals surface area contributed by atoms with Crippen LogP contribution in [0.3, 0.4) is 0 Å². The van der Waals surface area contributed by atoms with Crippen molar-refractivity contribution in [1.29, 1.82) is 0 Å². The first-order valence-electron chi connectivity index (χ1n) is 6.26. The maximum Gasteiger partial charge on any atom is 0.211 e. The maximum absolute atomic E-state index is 5.32. The highest BCUT2D eigenvalue weighted by Crippen LogP contribution is 2.14. The van der Waals surface area contributed by atoms with Gasteiger partial charge in [-0.15, -0.1) is 0 Å². The fraction of sp³-hybridized carbons (Fsp3) is 0.615. The molecule has 1 unspecified atom stereocenters. The number of aliphatic imine (C=N–C) groups is 1. The third-order valence-electron chi connectivity index (χ3n) is 3.08. The molecule has 2 heterocycles. The van der Waals surface area contributed by atoms with Crippen molar-refractivity contribution in [2.75, 3.05) is 33.3 Å². The second-order valence-electron chi connectivity index (χ2n) is 4.53. The molecule has 2 rings (SSSR count). The Bertz CT molecular complexity index is 341. The highest BCUT2D eigenvalue weighted by atomic mass is 16.5. The Morgan fingerprint density at radius 3 is 2.88 bits per heavy atom. The van der Waals surface area contributed by atoms with Crippen molar-refractivity contribution in [3.8, 4) is 0 Å². The van der Waals surface area contributed by atoms with E-state index in [1.54, 1.807) is 7.11 Å². The summed E-state index contributed by atoms with van der Waals surface area (Å²) in [5.74, 6) is 2.23. The normalized spacial score (nSPS) is 33.8. The van der Waals surface area contributed by atoms with Crippen LogP contribution < -0.4 is 5.32 Å². The van der Waals surface area contributed by atoms with E-state index in [-0.39, 0.29) is 0 Å². The molecule has 0 aromatic carbocycles. The lowest BCUT2D eigenvalue weighted by atomic mass is 10.1. The van der Waals surface area contributed by atoms with Crippen molar-refractivity contribution in [2.45, 2.75) is 13.3 Å². The minimum Gasteiger partial charge on any atom is -0.481 e. The molecule has 1 N–H and O–H groups in total. The van der Waals surface area contributed by atoms with Gasteiger partial charge in [0.25, 0.3) is 0 Å². The fourth-order valence-corrected chi connectivity index (χ4v) is 2.07. The van der Waals surface area contributed by atoms with E-state index >= 15 is 0 Å². The lowest BCUT2D eigenvalue weighted by Gasteiger charge is -2.29. The van der Waals surface area contributed by atoms with Crippen molar-refractivity contribution in [2.24, 2.45) is 10.9 Å². The van der Waals surface area contributed by atoms with Crippen LogP contribution in [0.2, 0.25) is 0 Å². The molecule has 0 bridgehead atoms. The van der Waals surface area contributed by atoms with Gasteiger partial charge in [0, 0.05) is 26.2 Å². The van der Waals surface area contributed by atoms with Crippen molar-refractivity contribution in [3.63, 3.8) is 0 Å². The molecule has 4 heteroatoms. The van der Waals surface area contributed by atoms with Crippen molar-refractivity contribution < 1.29 is 4.74 Å². The lowest BCUT2D eigenvalue weighted by Crippen LogP contribution is -2.46. The number of ether oxygens (including phenoxy) is 1. The third kappa shape index (κ3) is 3.33. The molecule has 1 fully saturated rings. The Morgan fingerprint density at radius 2 is 2.18 bits per heavy atom. The van der Waals surface area contributed by atoms with E-state index in [2.05, 4.69) is 40.4 Å². The first-order valence-corrected chi connectivity index (χ1v) is 6.26. The minimum atomic E-state index is 0.481. The summed E-state index contributed by atoms with van der Waals surface area (Å²) in [6.07, 6.45) is 7.45. The number of nitrogens with one attached hydrogen (secondary N) is 1. The zero-order valence-corrected chi connectivity index (χ0v) is 10.6. The maximum atomic E-state index is 5.32. The number of amidine groups is 1. The van der Waals surface area contributed by atoms with E-state index in [1.165, 1.54) is 0 Å². The predicted octanol–water partition coefficient (Wildman–Crippen LogP) is 1.37. The number of hydrogen-bond donors (Lipinski definition) is 1. The molecule has 2 aliphatic heterocycles. The summed E-state index contributed by atoms with van der Waals surface area (Å²) in [5, 5.41) is 3.35. The average Bonchev–Trinajstić information content (AvgIpc) is 2.34. The third-order valence-corrected chi connectivity index (χ3v) is 3.08. The largest absolute Gasteiger partial charge is 0.481 e. The van der Waals surface area contributed by atoms with Crippen LogP contribution in [0.15, 0.2) is 29.1 Å². The van der Waals surface area contributed by atoms with Gasteiger partial charge in [0.1, 0.15) is 5.84 Å². The molecule has 17 heavy (non-hydrogen) atoms. The quantitative estimate of drug-likeness (QED) is 0.746. The number of methoxy groups -OCH3 is 1. The molecule has 0 saturated carbocycles. The minimum absolute atomic E-state index is 0.481. The zero-order valence-electron chi connectivity index (χ0n) is 10.6. The molecule has 0 aliphatic carbocycles. The molecule has 0 spiro atoms. The van der Waals surface area contributed by atoms with Gasteiger partial charge in [-0.05, 0) is 24.5 Å². The highest BCUT2D eigenvalue weighted by Gasteiger charge is 2.14. The second-order valence-corrected chi connectivity index (χ2v) is 4.53. The summed E-state index contributed by atoms with van der Waals surface area (Å²) >= 11 is 0. The van der Waals surface area contributed by atoms with Gasteiger partial charge in [-0.1, -0.05) is 13.0 Å². The Morgan fingerprint density at radius 1 is 1.41 bits per heavy atom. The smallest absolute Gasteiger partial charge is 0.211 e. The van der Waals surface area contributed by atoms with Crippen LogP contribution >= 0.6 is 0 Å². The molecule has 0 radical (unpaired) electrons. The van der Waals surface area contributed by atoms with Crippen LogP contribution in [0.4, 0.5) is 0 Å². The van der Waals surface area contributed by atoms with Crippen LogP contribution in [-0.2, 0) is 4.74 Å². The second kappa shape index (κ2) is 5.87. The van der Waals surface area contributed by atoms with Crippen LogP contribution in [-0.4, -0.2) is 44.0 Å². The topological polar surface area (TPSA) is 36.9 Å². The molecule has 4 nitrogen and oxygen atoms in total. The van der Waals surface area contributed by atoms with Gasteiger partial charge in [-0.3, -0.25) is 0 Å². The van der Waals surface area contributed by atoms with Gasteiger partial charge in [-0.2, -0.15) is 4.99 Å². The van der Waals surface area contributed by atoms with E-state index < -0.39 is 0 Å². The van der Waals surface area contributed by atoms with Gasteiger partial charge >= 0.3 is 0 Å². The van der Waals surface area contributed by atoms with E-state index in [0.29, 0.717) is 5.92 Å². The van der Waals surface area contributed by atoms with Gasteiger partial charge in [0.05, 0.1) is 7.11 Å². The predicted molar refractivity (Wildman–Crippen MR) is 69.9 cm³/mol. The van der Waals surface area contributed by atoms with Gasteiger partial charge in [0.2, 0.25) is 5.88 Å². The molecular formula is C13H21N3O. The van der Waals surface area contributed by atoms with Crippen molar-refractivity contribution in [1.82, 2.24) is 10.2 Å². The molecule has 1 atom stereocenters. The Hall–Kier alpha value is -1.29. The zero-order chi connectivity index (χ0) is 12.1. The monoisotopic (exact) mass is 235 g/mol. The van der Waals surface area contributed by atoms with Crippen molar-refractivity contribution in [3.05, 3.63) is 24.1 Å². The van der Waals surface area contributed by atoms with Crippen LogP contribution in [0.25, 0.3) is 0 Å². The van der Waals surface area contributed by atoms with E-state index in [0.717, 1.165) is 44.3 Å². The molecular weight excluding hydrogens is 214 g/mol. The summed E-state index contributed by atoms with van der Waals surface area (Å²) in [5.41, 5.74) is 0. The summed E-state index contributed by atoms with van der Waals surface area (Å²) in [4.78, 5) is 6.90. The van der Waals surface area contributed by atoms with Gasteiger partial charge in [0.15, 0.2) is 0 Å².